The third-order valence-corrected chi connectivity index (χ3v) is 4.09. The predicted molar refractivity (Wildman–Crippen MR) is 70.2 cm³/mol. The Morgan fingerprint density at radius 2 is 2.18 bits per heavy atom. The van der Waals surface area contributed by atoms with Gasteiger partial charge in [-0.05, 0) is 29.8 Å². The van der Waals surface area contributed by atoms with Gasteiger partial charge in [0.2, 0.25) is 0 Å². The summed E-state index contributed by atoms with van der Waals surface area (Å²) in [5.41, 5.74) is 7.12. The molecule has 0 amide bonds. The molecule has 17 heavy (non-hydrogen) atoms. The fourth-order valence-electron chi connectivity index (χ4n) is 1.41. The number of anilines is 1. The highest BCUT2D eigenvalue weighted by atomic mass is 35.5. The van der Waals surface area contributed by atoms with Gasteiger partial charge >= 0.3 is 0 Å². The first-order valence-corrected chi connectivity index (χ1v) is 6.69. The highest BCUT2D eigenvalue weighted by molar-refractivity contribution is 7.84. The standard InChI is InChI=1S/C12H11ClN2OS/c13-11-4-3-10(14)6-12(11)17(16)8-9-2-1-5-15-7-9/h1-7H,8,14H2. The van der Waals surface area contributed by atoms with Crippen LogP contribution >= 0.6 is 11.6 Å². The number of benzene rings is 1. The Hall–Kier alpha value is -1.39. The van der Waals surface area contributed by atoms with E-state index in [9.17, 15) is 4.21 Å². The predicted octanol–water partition coefficient (Wildman–Crippen LogP) is 2.63. The number of aromatic nitrogens is 1. The minimum Gasteiger partial charge on any atom is -0.399 e. The molecule has 0 aliphatic rings. The van der Waals surface area contributed by atoms with Gasteiger partial charge in [0.05, 0.1) is 26.5 Å². The van der Waals surface area contributed by atoms with Crippen molar-refractivity contribution >= 4 is 28.1 Å². The lowest BCUT2D eigenvalue weighted by atomic mass is 10.3. The molecule has 0 aliphatic carbocycles. The maximum absolute atomic E-state index is 12.1. The van der Waals surface area contributed by atoms with Crippen LogP contribution in [0, 0.1) is 0 Å². The van der Waals surface area contributed by atoms with E-state index in [0.29, 0.717) is 21.4 Å². The van der Waals surface area contributed by atoms with Gasteiger partial charge in [0.25, 0.3) is 0 Å². The first-order valence-electron chi connectivity index (χ1n) is 4.99. The quantitative estimate of drug-likeness (QED) is 0.869. The molecule has 0 saturated heterocycles. The lowest BCUT2D eigenvalue weighted by molar-refractivity contribution is 0.682. The number of hydrogen-bond donors (Lipinski definition) is 1. The number of nitrogens with two attached hydrogens (primary N) is 1. The Balaban J connectivity index is 2.23. The molecule has 0 radical (unpaired) electrons. The largest absolute Gasteiger partial charge is 0.399 e. The van der Waals surface area contributed by atoms with E-state index in [1.165, 1.54) is 0 Å². The summed E-state index contributed by atoms with van der Waals surface area (Å²) < 4.78 is 12.1. The normalized spacial score (nSPS) is 12.3. The van der Waals surface area contributed by atoms with Crippen LogP contribution in [-0.4, -0.2) is 9.19 Å². The second-order valence-electron chi connectivity index (χ2n) is 3.54. The van der Waals surface area contributed by atoms with Crippen molar-refractivity contribution in [2.24, 2.45) is 0 Å². The average Bonchev–Trinajstić information content (AvgIpc) is 2.33. The minimum atomic E-state index is -1.21. The van der Waals surface area contributed by atoms with E-state index in [-0.39, 0.29) is 0 Å². The summed E-state index contributed by atoms with van der Waals surface area (Å²) >= 11 is 5.99. The Morgan fingerprint density at radius 3 is 2.88 bits per heavy atom. The first kappa shape index (κ1) is 12.1. The van der Waals surface area contributed by atoms with E-state index in [0.717, 1.165) is 5.56 Å². The number of nitrogen functional groups attached to an aromatic ring is 1. The molecule has 1 aromatic heterocycles. The molecule has 0 spiro atoms. The van der Waals surface area contributed by atoms with Gasteiger partial charge in [-0.1, -0.05) is 17.7 Å². The molecule has 1 heterocycles. The lowest BCUT2D eigenvalue weighted by Crippen LogP contribution is -1.99. The van der Waals surface area contributed by atoms with Crippen molar-refractivity contribution in [1.82, 2.24) is 4.98 Å². The summed E-state index contributed by atoms with van der Waals surface area (Å²) in [4.78, 5) is 4.54. The van der Waals surface area contributed by atoms with Gasteiger partial charge in [-0.15, -0.1) is 0 Å². The van der Waals surface area contributed by atoms with Gasteiger partial charge in [-0.2, -0.15) is 0 Å². The van der Waals surface area contributed by atoms with Crippen LogP contribution in [0.4, 0.5) is 5.69 Å². The summed E-state index contributed by atoms with van der Waals surface area (Å²) in [7, 11) is -1.21. The lowest BCUT2D eigenvalue weighted by Gasteiger charge is -2.05. The number of nitrogens with zero attached hydrogens (tertiary/aromatic N) is 1. The van der Waals surface area contributed by atoms with E-state index in [2.05, 4.69) is 4.98 Å². The molecule has 2 aromatic rings. The average molecular weight is 267 g/mol. The maximum Gasteiger partial charge on any atom is 0.0598 e. The SMILES string of the molecule is Nc1ccc(Cl)c(S(=O)Cc2cccnc2)c1. The molecule has 0 bridgehead atoms. The number of halogens is 1. The van der Waals surface area contributed by atoms with Crippen LogP contribution in [0.25, 0.3) is 0 Å². The van der Waals surface area contributed by atoms with Crippen LogP contribution in [0.2, 0.25) is 5.02 Å². The molecule has 2 N–H and O–H groups in total. The zero-order valence-electron chi connectivity index (χ0n) is 8.97. The van der Waals surface area contributed by atoms with Crippen LogP contribution in [0.1, 0.15) is 5.56 Å². The van der Waals surface area contributed by atoms with Gasteiger partial charge in [0.15, 0.2) is 0 Å². The summed E-state index contributed by atoms with van der Waals surface area (Å²) in [6.07, 6.45) is 3.37. The smallest absolute Gasteiger partial charge is 0.0598 e. The van der Waals surface area contributed by atoms with Crippen LogP contribution in [0.5, 0.6) is 0 Å². The van der Waals surface area contributed by atoms with Crippen molar-refractivity contribution in [1.29, 1.82) is 0 Å². The fraction of sp³-hybridized carbons (Fsp3) is 0.0833. The monoisotopic (exact) mass is 266 g/mol. The maximum atomic E-state index is 12.1. The van der Waals surface area contributed by atoms with E-state index in [1.807, 2.05) is 12.1 Å². The third-order valence-electron chi connectivity index (χ3n) is 2.22. The third kappa shape index (κ3) is 3.05. The second kappa shape index (κ2) is 5.29. The van der Waals surface area contributed by atoms with Crippen LogP contribution < -0.4 is 5.73 Å². The highest BCUT2D eigenvalue weighted by Crippen LogP contribution is 2.23. The van der Waals surface area contributed by atoms with Crippen molar-refractivity contribution in [3.05, 3.63) is 53.3 Å². The summed E-state index contributed by atoms with van der Waals surface area (Å²) in [5, 5.41) is 0.474. The van der Waals surface area contributed by atoms with E-state index in [1.54, 1.807) is 30.6 Å². The Labute approximate surface area is 107 Å². The molecular formula is C12H11ClN2OS. The summed E-state index contributed by atoms with van der Waals surface area (Å²) in [6, 6.07) is 8.69. The van der Waals surface area contributed by atoms with Gasteiger partial charge in [-0.25, -0.2) is 0 Å². The minimum absolute atomic E-state index is 0.386. The van der Waals surface area contributed by atoms with Gasteiger partial charge in [0, 0.05) is 18.1 Å². The summed E-state index contributed by atoms with van der Waals surface area (Å²) in [6.45, 7) is 0. The summed E-state index contributed by atoms with van der Waals surface area (Å²) in [5.74, 6) is 0.386. The van der Waals surface area contributed by atoms with E-state index < -0.39 is 10.8 Å². The molecule has 5 heteroatoms. The van der Waals surface area contributed by atoms with Gasteiger partial charge < -0.3 is 5.73 Å². The van der Waals surface area contributed by atoms with Crippen molar-refractivity contribution < 1.29 is 4.21 Å². The molecule has 1 aromatic carbocycles. The molecule has 2 rings (SSSR count). The molecule has 1 unspecified atom stereocenters. The van der Waals surface area contributed by atoms with E-state index >= 15 is 0 Å². The van der Waals surface area contributed by atoms with Crippen molar-refractivity contribution in [3.63, 3.8) is 0 Å². The molecule has 0 saturated carbocycles. The highest BCUT2D eigenvalue weighted by Gasteiger charge is 2.10. The fourth-order valence-corrected chi connectivity index (χ4v) is 2.96. The Bertz CT molecular complexity index is 545. The second-order valence-corrected chi connectivity index (χ2v) is 5.37. The molecule has 0 fully saturated rings. The molecule has 3 nitrogen and oxygen atoms in total. The van der Waals surface area contributed by atoms with E-state index in [4.69, 9.17) is 17.3 Å². The first-order chi connectivity index (χ1) is 8.16. The zero-order chi connectivity index (χ0) is 12.3. The molecule has 88 valence electrons. The van der Waals surface area contributed by atoms with Gasteiger partial charge in [-0.3, -0.25) is 9.19 Å². The molecule has 1 atom stereocenters. The van der Waals surface area contributed by atoms with Crippen LogP contribution in [-0.2, 0) is 16.6 Å². The topological polar surface area (TPSA) is 56.0 Å². The molecular weight excluding hydrogens is 256 g/mol. The Kier molecular flexibility index (Phi) is 3.76. The Morgan fingerprint density at radius 1 is 1.35 bits per heavy atom. The number of pyridine rings is 1. The van der Waals surface area contributed by atoms with Crippen molar-refractivity contribution in [3.8, 4) is 0 Å². The zero-order valence-corrected chi connectivity index (χ0v) is 10.5. The van der Waals surface area contributed by atoms with Crippen LogP contribution in [0.15, 0.2) is 47.6 Å². The van der Waals surface area contributed by atoms with Crippen LogP contribution in [0.3, 0.4) is 0 Å². The molecule has 0 aliphatic heterocycles. The van der Waals surface area contributed by atoms with Crippen molar-refractivity contribution in [2.45, 2.75) is 10.6 Å². The van der Waals surface area contributed by atoms with Gasteiger partial charge in [0.1, 0.15) is 0 Å². The number of rotatable bonds is 3. The van der Waals surface area contributed by atoms with Crippen molar-refractivity contribution in [2.75, 3.05) is 5.73 Å². The number of hydrogen-bond acceptors (Lipinski definition) is 3.